The van der Waals surface area contributed by atoms with Crippen molar-refractivity contribution in [3.05, 3.63) is 23.8 Å². The molecule has 0 aliphatic carbocycles. The molecule has 5 heteroatoms. The van der Waals surface area contributed by atoms with Gasteiger partial charge in [-0.15, -0.1) is 0 Å². The van der Waals surface area contributed by atoms with Gasteiger partial charge < -0.3 is 20.3 Å². The Bertz CT molecular complexity index is 376. The third-order valence-corrected chi connectivity index (χ3v) is 2.04. The van der Waals surface area contributed by atoms with Crippen LogP contribution in [0.25, 0.3) is 0 Å². The zero-order chi connectivity index (χ0) is 12.1. The van der Waals surface area contributed by atoms with E-state index in [2.05, 4.69) is 0 Å². The van der Waals surface area contributed by atoms with Gasteiger partial charge in [0.2, 0.25) is 0 Å². The van der Waals surface area contributed by atoms with Gasteiger partial charge >= 0.3 is 0 Å². The third kappa shape index (κ3) is 3.13. The first-order chi connectivity index (χ1) is 7.54. The monoisotopic (exact) mass is 225 g/mol. The fourth-order valence-electron chi connectivity index (χ4n) is 1.26. The van der Waals surface area contributed by atoms with Crippen molar-refractivity contribution in [3.8, 4) is 11.5 Å². The van der Waals surface area contributed by atoms with E-state index in [1.165, 1.54) is 7.11 Å². The molecule has 0 aromatic heterocycles. The van der Waals surface area contributed by atoms with Crippen LogP contribution in [0.1, 0.15) is 18.6 Å². The van der Waals surface area contributed by atoms with Gasteiger partial charge in [-0.3, -0.25) is 4.79 Å². The van der Waals surface area contributed by atoms with Crippen LogP contribution in [0.5, 0.6) is 11.5 Å². The number of hydrogen-bond acceptors (Lipinski definition) is 4. The van der Waals surface area contributed by atoms with E-state index in [0.717, 1.165) is 0 Å². The highest BCUT2D eigenvalue weighted by molar-refractivity contribution is 5.75. The number of aliphatic hydroxyl groups is 1. The molecule has 0 aliphatic heterocycles. The molecule has 1 aromatic carbocycles. The predicted octanol–water partition coefficient (Wildman–Crippen LogP) is 0.613. The minimum Gasteiger partial charge on any atom is -0.497 e. The quantitative estimate of drug-likeness (QED) is 0.769. The van der Waals surface area contributed by atoms with Gasteiger partial charge in [0.1, 0.15) is 11.5 Å². The van der Waals surface area contributed by atoms with E-state index in [1.807, 2.05) is 0 Å². The van der Waals surface area contributed by atoms with Gasteiger partial charge in [-0.1, -0.05) is 0 Å². The van der Waals surface area contributed by atoms with Gasteiger partial charge in [0.05, 0.1) is 13.2 Å². The van der Waals surface area contributed by atoms with Crippen LogP contribution in [-0.2, 0) is 4.79 Å². The SMILES string of the molecule is COc1ccc([C@@H](C)O)c(OCC(N)=O)c1. The molecule has 88 valence electrons. The average molecular weight is 225 g/mol. The molecule has 0 heterocycles. The Hall–Kier alpha value is -1.75. The molecule has 0 bridgehead atoms. The lowest BCUT2D eigenvalue weighted by Crippen LogP contribution is -2.20. The number of aliphatic hydroxyl groups excluding tert-OH is 1. The molecule has 0 radical (unpaired) electrons. The summed E-state index contributed by atoms with van der Waals surface area (Å²) in [5.41, 5.74) is 5.56. The van der Waals surface area contributed by atoms with E-state index in [-0.39, 0.29) is 6.61 Å². The molecule has 1 rings (SSSR count). The molecular formula is C11H15NO4. The van der Waals surface area contributed by atoms with Gasteiger partial charge in [-0.2, -0.15) is 0 Å². The van der Waals surface area contributed by atoms with Crippen molar-refractivity contribution < 1.29 is 19.4 Å². The predicted molar refractivity (Wildman–Crippen MR) is 58.3 cm³/mol. The number of amides is 1. The summed E-state index contributed by atoms with van der Waals surface area (Å²) in [6.07, 6.45) is -0.686. The summed E-state index contributed by atoms with van der Waals surface area (Å²) >= 11 is 0. The lowest BCUT2D eigenvalue weighted by atomic mass is 10.1. The van der Waals surface area contributed by atoms with Crippen LogP contribution >= 0.6 is 0 Å². The Morgan fingerprint density at radius 3 is 2.75 bits per heavy atom. The Morgan fingerprint density at radius 2 is 2.25 bits per heavy atom. The molecule has 5 nitrogen and oxygen atoms in total. The van der Waals surface area contributed by atoms with E-state index in [1.54, 1.807) is 25.1 Å². The molecule has 0 fully saturated rings. The summed E-state index contributed by atoms with van der Waals surface area (Å²) in [6, 6.07) is 4.99. The summed E-state index contributed by atoms with van der Waals surface area (Å²) in [4.78, 5) is 10.6. The van der Waals surface area contributed by atoms with Crippen LogP contribution in [0.2, 0.25) is 0 Å². The highest BCUT2D eigenvalue weighted by atomic mass is 16.5. The molecule has 1 aromatic rings. The van der Waals surface area contributed by atoms with E-state index >= 15 is 0 Å². The van der Waals surface area contributed by atoms with E-state index in [0.29, 0.717) is 17.1 Å². The second kappa shape index (κ2) is 5.37. The number of primary amides is 1. The number of benzene rings is 1. The molecule has 0 aliphatic rings. The standard InChI is InChI=1S/C11H15NO4/c1-7(13)9-4-3-8(15-2)5-10(9)16-6-11(12)14/h3-5,7,13H,6H2,1-2H3,(H2,12,14)/t7-/m1/s1. The molecule has 16 heavy (non-hydrogen) atoms. The maximum absolute atomic E-state index is 10.6. The fourth-order valence-corrected chi connectivity index (χ4v) is 1.26. The minimum atomic E-state index is -0.686. The lowest BCUT2D eigenvalue weighted by Gasteiger charge is -2.13. The molecule has 0 spiro atoms. The molecular weight excluding hydrogens is 210 g/mol. The molecule has 0 saturated heterocycles. The molecule has 0 saturated carbocycles. The first kappa shape index (κ1) is 12.3. The van der Waals surface area contributed by atoms with E-state index < -0.39 is 12.0 Å². The largest absolute Gasteiger partial charge is 0.497 e. The fraction of sp³-hybridized carbons (Fsp3) is 0.364. The molecule has 0 unspecified atom stereocenters. The Labute approximate surface area is 93.8 Å². The topological polar surface area (TPSA) is 81.8 Å². The van der Waals surface area contributed by atoms with Crippen LogP contribution in [-0.4, -0.2) is 24.7 Å². The van der Waals surface area contributed by atoms with Gasteiger partial charge in [0.25, 0.3) is 5.91 Å². The average Bonchev–Trinajstić information content (AvgIpc) is 2.25. The maximum Gasteiger partial charge on any atom is 0.255 e. The van der Waals surface area contributed by atoms with Crippen LogP contribution in [0.4, 0.5) is 0 Å². The highest BCUT2D eigenvalue weighted by Gasteiger charge is 2.11. The summed E-state index contributed by atoms with van der Waals surface area (Å²) in [5, 5.41) is 9.50. The summed E-state index contributed by atoms with van der Waals surface area (Å²) in [5.74, 6) is 0.413. The first-order valence-electron chi connectivity index (χ1n) is 4.81. The molecule has 1 atom stereocenters. The van der Waals surface area contributed by atoms with E-state index in [4.69, 9.17) is 15.2 Å². The number of nitrogens with two attached hydrogens (primary N) is 1. The van der Waals surface area contributed by atoms with Crippen molar-refractivity contribution in [2.24, 2.45) is 5.73 Å². The Balaban J connectivity index is 2.95. The van der Waals surface area contributed by atoms with Gasteiger partial charge in [-0.25, -0.2) is 0 Å². The second-order valence-electron chi connectivity index (χ2n) is 3.33. The second-order valence-corrected chi connectivity index (χ2v) is 3.33. The van der Waals surface area contributed by atoms with Gasteiger partial charge in [0, 0.05) is 11.6 Å². The van der Waals surface area contributed by atoms with Crippen LogP contribution in [0.15, 0.2) is 18.2 Å². The normalized spacial score (nSPS) is 11.9. The van der Waals surface area contributed by atoms with Crippen LogP contribution in [0.3, 0.4) is 0 Å². The van der Waals surface area contributed by atoms with Gasteiger partial charge in [-0.05, 0) is 19.1 Å². The molecule has 3 N–H and O–H groups in total. The summed E-state index contributed by atoms with van der Waals surface area (Å²) in [6.45, 7) is 1.38. The first-order valence-corrected chi connectivity index (χ1v) is 4.81. The Kier molecular flexibility index (Phi) is 4.13. The van der Waals surface area contributed by atoms with Crippen molar-refractivity contribution >= 4 is 5.91 Å². The van der Waals surface area contributed by atoms with Crippen molar-refractivity contribution in [3.63, 3.8) is 0 Å². The molecule has 1 amide bonds. The lowest BCUT2D eigenvalue weighted by molar-refractivity contribution is -0.120. The third-order valence-electron chi connectivity index (χ3n) is 2.04. The number of ether oxygens (including phenoxy) is 2. The smallest absolute Gasteiger partial charge is 0.255 e. The van der Waals surface area contributed by atoms with Crippen LogP contribution in [0, 0.1) is 0 Å². The minimum absolute atomic E-state index is 0.229. The number of hydrogen-bond donors (Lipinski definition) is 2. The highest BCUT2D eigenvalue weighted by Crippen LogP contribution is 2.29. The van der Waals surface area contributed by atoms with E-state index in [9.17, 15) is 9.90 Å². The summed E-state index contributed by atoms with van der Waals surface area (Å²) in [7, 11) is 1.52. The maximum atomic E-state index is 10.6. The number of carbonyl (C=O) groups is 1. The van der Waals surface area contributed by atoms with Crippen molar-refractivity contribution in [1.82, 2.24) is 0 Å². The number of carbonyl (C=O) groups excluding carboxylic acids is 1. The van der Waals surface area contributed by atoms with Crippen molar-refractivity contribution in [1.29, 1.82) is 0 Å². The van der Waals surface area contributed by atoms with Crippen molar-refractivity contribution in [2.45, 2.75) is 13.0 Å². The summed E-state index contributed by atoms with van der Waals surface area (Å²) < 4.78 is 10.2. The number of rotatable bonds is 5. The van der Waals surface area contributed by atoms with Crippen LogP contribution < -0.4 is 15.2 Å². The van der Waals surface area contributed by atoms with Crippen molar-refractivity contribution in [2.75, 3.05) is 13.7 Å². The Morgan fingerprint density at radius 1 is 1.56 bits per heavy atom. The number of methoxy groups -OCH3 is 1. The zero-order valence-corrected chi connectivity index (χ0v) is 9.27. The van der Waals surface area contributed by atoms with Gasteiger partial charge in [0.15, 0.2) is 6.61 Å². The zero-order valence-electron chi connectivity index (χ0n) is 9.27.